The Kier molecular flexibility index (Phi) is 8.78. The van der Waals surface area contributed by atoms with Crippen LogP contribution in [0.4, 0.5) is 0 Å². The van der Waals surface area contributed by atoms with Crippen molar-refractivity contribution in [2.24, 2.45) is 4.76 Å². The number of rotatable bonds is 9. The van der Waals surface area contributed by atoms with E-state index in [2.05, 4.69) is 106 Å². The highest BCUT2D eigenvalue weighted by Crippen LogP contribution is 2.69. The minimum absolute atomic E-state index is 0.171. The number of hydrogen-bond donors (Lipinski definition) is 0. The van der Waals surface area contributed by atoms with Gasteiger partial charge < -0.3 is 9.63 Å². The Morgan fingerprint density at radius 3 is 1.73 bits per heavy atom. The van der Waals surface area contributed by atoms with Crippen LogP contribution in [-0.4, -0.2) is 27.6 Å². The predicted molar refractivity (Wildman–Crippen MR) is 197 cm³/mol. The average molecular weight is 650 g/mol. The van der Waals surface area contributed by atoms with Crippen molar-refractivity contribution in [3.63, 3.8) is 0 Å². The van der Waals surface area contributed by atoms with E-state index in [4.69, 9.17) is 9.50 Å². The Morgan fingerprint density at radius 2 is 1.15 bits per heavy atom. The highest BCUT2D eigenvalue weighted by Gasteiger charge is 2.59. The van der Waals surface area contributed by atoms with E-state index >= 15 is 4.89 Å². The molecular weight excluding hydrogens is 609 g/mol. The molecule has 6 aromatic carbocycles. The van der Waals surface area contributed by atoms with Crippen molar-refractivity contribution in [3.8, 4) is 5.75 Å². The largest absolute Gasteiger partial charge is 0.630 e. The molecule has 2 aliphatic rings. The van der Waals surface area contributed by atoms with Gasteiger partial charge in [0.05, 0.1) is 31.4 Å². The van der Waals surface area contributed by atoms with Crippen LogP contribution in [0.15, 0.2) is 144 Å². The van der Waals surface area contributed by atoms with Gasteiger partial charge in [-0.15, -0.1) is 14.1 Å². The van der Waals surface area contributed by atoms with Crippen molar-refractivity contribution in [3.05, 3.63) is 162 Å². The molecule has 0 amide bonds. The van der Waals surface area contributed by atoms with Crippen molar-refractivity contribution >= 4 is 35.7 Å². The number of ether oxygens (including phenoxy) is 1. The van der Waals surface area contributed by atoms with E-state index < -0.39 is 7.94 Å². The van der Waals surface area contributed by atoms with E-state index in [1.807, 2.05) is 48.7 Å². The molecule has 2 fully saturated rings. The van der Waals surface area contributed by atoms with Crippen LogP contribution in [0.3, 0.4) is 0 Å². The summed E-state index contributed by atoms with van der Waals surface area (Å²) in [5.41, 5.74) is 4.42. The standard InChI is InChI=1S/C42H40N3O2P/c46-48(43-28-32-24-26-38(27-25-32)47-31-33-12-2-1-3-13-33)44(29-36-18-10-16-34-14-4-6-20-39(34)36)41-22-8-9-23-42(41)45(48)30-37-19-11-17-35-15-5-7-21-40(35)37/h1-7,10-21,24-28,41-42H,8-9,22-23,29-31H2/b43-28+/t41-,42-/m1/s1. The topological polar surface area (TPSA) is 51.1 Å². The van der Waals surface area contributed by atoms with Gasteiger partial charge in [0.15, 0.2) is 0 Å². The fourth-order valence-corrected chi connectivity index (χ4v) is 10.4. The van der Waals surface area contributed by atoms with Crippen molar-refractivity contribution < 1.29 is 9.63 Å². The summed E-state index contributed by atoms with van der Waals surface area (Å²) in [7, 11) is -3.41. The smallest absolute Gasteiger partial charge is 0.238 e. The third kappa shape index (κ3) is 6.16. The molecule has 6 aromatic rings. The molecule has 0 spiro atoms. The summed E-state index contributed by atoms with van der Waals surface area (Å²) in [5.74, 6) is 0.796. The van der Waals surface area contributed by atoms with Crippen molar-refractivity contribution in [1.29, 1.82) is 0 Å². The first kappa shape index (κ1) is 30.9. The van der Waals surface area contributed by atoms with Crippen LogP contribution in [0.5, 0.6) is 5.75 Å². The lowest BCUT2D eigenvalue weighted by atomic mass is 9.89. The number of fused-ring (bicyclic) bond motifs is 3. The molecule has 1 saturated carbocycles. The summed E-state index contributed by atoms with van der Waals surface area (Å²) in [6.45, 7) is 1.70. The lowest BCUT2D eigenvalue weighted by Gasteiger charge is -2.36. The number of nitrogens with zero attached hydrogens (tertiary/aromatic N) is 3. The summed E-state index contributed by atoms with van der Waals surface area (Å²) in [6, 6.07) is 48.4. The zero-order valence-corrected chi connectivity index (χ0v) is 28.0. The second kappa shape index (κ2) is 13.6. The first-order valence-corrected chi connectivity index (χ1v) is 18.6. The second-order valence-electron chi connectivity index (χ2n) is 13.0. The lowest BCUT2D eigenvalue weighted by Crippen LogP contribution is -2.39. The molecule has 0 N–H and O–H groups in total. The van der Waals surface area contributed by atoms with E-state index in [1.165, 1.54) is 32.7 Å². The summed E-state index contributed by atoms with van der Waals surface area (Å²) in [5, 5.41) is 4.83. The summed E-state index contributed by atoms with van der Waals surface area (Å²) >= 11 is 0. The Balaban J connectivity index is 1.15. The minimum Gasteiger partial charge on any atom is -0.630 e. The van der Waals surface area contributed by atoms with Gasteiger partial charge in [-0.25, -0.2) is 0 Å². The van der Waals surface area contributed by atoms with E-state index in [0.717, 1.165) is 42.6 Å². The van der Waals surface area contributed by atoms with Crippen LogP contribution in [-0.2, 0) is 19.7 Å². The van der Waals surface area contributed by atoms with E-state index in [-0.39, 0.29) is 12.1 Å². The van der Waals surface area contributed by atoms with Gasteiger partial charge in [-0.1, -0.05) is 128 Å². The van der Waals surface area contributed by atoms with Crippen molar-refractivity contribution in [1.82, 2.24) is 9.34 Å². The van der Waals surface area contributed by atoms with Gasteiger partial charge in [-0.3, -0.25) is 0 Å². The number of hydrogen-bond acceptors (Lipinski definition) is 5. The molecule has 2 atom stereocenters. The van der Waals surface area contributed by atoms with Crippen LogP contribution < -0.4 is 9.63 Å². The monoisotopic (exact) mass is 649 g/mol. The van der Waals surface area contributed by atoms with E-state index in [1.54, 1.807) is 0 Å². The molecule has 0 unspecified atom stereocenters. The molecule has 0 radical (unpaired) electrons. The Labute approximate surface area is 283 Å². The van der Waals surface area contributed by atoms with Gasteiger partial charge in [0, 0.05) is 0 Å². The van der Waals surface area contributed by atoms with Gasteiger partial charge >= 0.3 is 0 Å². The minimum atomic E-state index is -3.41. The quantitative estimate of drug-likeness (QED) is 0.116. The van der Waals surface area contributed by atoms with E-state index in [0.29, 0.717) is 19.7 Å². The molecule has 48 heavy (non-hydrogen) atoms. The average Bonchev–Trinajstić information content (AvgIpc) is 3.37. The van der Waals surface area contributed by atoms with Gasteiger partial charge in [0.2, 0.25) is 7.94 Å². The van der Waals surface area contributed by atoms with Crippen LogP contribution in [0.1, 0.15) is 47.9 Å². The van der Waals surface area contributed by atoms with Crippen LogP contribution in [0.2, 0.25) is 0 Å². The van der Waals surface area contributed by atoms with Crippen molar-refractivity contribution in [2.75, 3.05) is 0 Å². The Morgan fingerprint density at radius 1 is 0.625 bits per heavy atom. The first-order valence-electron chi connectivity index (χ1n) is 17.1. The van der Waals surface area contributed by atoms with Crippen molar-refractivity contribution in [2.45, 2.75) is 57.5 Å². The second-order valence-corrected chi connectivity index (χ2v) is 15.3. The molecule has 0 aromatic heterocycles. The Hall–Kier alpha value is -4.38. The zero-order chi connectivity index (χ0) is 32.3. The molecule has 6 heteroatoms. The third-order valence-corrected chi connectivity index (χ3v) is 12.7. The molecule has 1 heterocycles. The van der Waals surface area contributed by atoms with Gasteiger partial charge in [0.25, 0.3) is 0 Å². The molecule has 1 saturated heterocycles. The fraction of sp³-hybridized carbons (Fsp3) is 0.214. The highest BCUT2D eigenvalue weighted by molar-refractivity contribution is 7.63. The van der Waals surface area contributed by atoms with Gasteiger partial charge in [-0.2, -0.15) is 0 Å². The zero-order valence-electron chi connectivity index (χ0n) is 27.1. The molecule has 1 aliphatic carbocycles. The van der Waals surface area contributed by atoms with Gasteiger partial charge in [0.1, 0.15) is 12.4 Å². The molecule has 8 rings (SSSR count). The number of benzene rings is 6. The molecule has 240 valence electrons. The normalized spacial score (nSPS) is 19.6. The van der Waals surface area contributed by atoms with Crippen LogP contribution in [0, 0.1) is 0 Å². The maximum Gasteiger partial charge on any atom is 0.238 e. The maximum atomic E-state index is 15.9. The van der Waals surface area contributed by atoms with Crippen LogP contribution >= 0.6 is 7.94 Å². The highest BCUT2D eigenvalue weighted by atomic mass is 31.2. The summed E-state index contributed by atoms with van der Waals surface area (Å²) in [6.07, 6.45) is 6.15. The third-order valence-electron chi connectivity index (χ3n) is 10.0. The van der Waals surface area contributed by atoms with Gasteiger partial charge in [-0.05, 0) is 80.9 Å². The molecule has 5 nitrogen and oxygen atoms in total. The molecular formula is C42H40N3O2P. The Bertz CT molecular complexity index is 1940. The van der Waals surface area contributed by atoms with Crippen LogP contribution in [0.25, 0.3) is 21.5 Å². The SMILES string of the molecule is [O-][P+]1(/N=C/c2ccc(OCc3ccccc3)cc2)N(Cc2cccc3ccccc23)[C@@H]2CCCC[C@H]2N1Cc1cccc2ccccc12. The summed E-state index contributed by atoms with van der Waals surface area (Å²) in [4.78, 5) is 15.9. The first-order chi connectivity index (χ1) is 23.7. The lowest BCUT2D eigenvalue weighted by molar-refractivity contribution is -0.192. The summed E-state index contributed by atoms with van der Waals surface area (Å²) < 4.78 is 15.7. The fourth-order valence-electron chi connectivity index (χ4n) is 7.62. The van der Waals surface area contributed by atoms with E-state index in [9.17, 15) is 0 Å². The predicted octanol–water partition coefficient (Wildman–Crippen LogP) is 9.36. The molecule has 1 aliphatic heterocycles. The molecule has 0 bridgehead atoms. The maximum absolute atomic E-state index is 15.9.